The van der Waals surface area contributed by atoms with Crippen molar-refractivity contribution in [1.29, 1.82) is 0 Å². The highest BCUT2D eigenvalue weighted by molar-refractivity contribution is 6.17. The predicted octanol–water partition coefficient (Wildman–Crippen LogP) is 15.0. The van der Waals surface area contributed by atoms with Gasteiger partial charge in [-0.1, -0.05) is 121 Å². The zero-order valence-corrected chi connectivity index (χ0v) is 33.5. The van der Waals surface area contributed by atoms with Crippen molar-refractivity contribution in [3.05, 3.63) is 194 Å². The van der Waals surface area contributed by atoms with Crippen LogP contribution in [0.4, 0.5) is 0 Å². The lowest BCUT2D eigenvalue weighted by atomic mass is 9.93. The van der Waals surface area contributed by atoms with Crippen molar-refractivity contribution in [2.75, 3.05) is 0 Å². The summed E-state index contributed by atoms with van der Waals surface area (Å²) < 4.78 is 19.2. The molecule has 0 radical (unpaired) electrons. The molecule has 0 N–H and O–H groups in total. The number of benzene rings is 8. The van der Waals surface area contributed by atoms with Crippen molar-refractivity contribution in [3.8, 4) is 67.5 Å². The van der Waals surface area contributed by atoms with Crippen molar-refractivity contribution in [1.82, 2.24) is 19.9 Å². The first-order chi connectivity index (χ1) is 31.2. The first-order valence-corrected chi connectivity index (χ1v) is 20.8. The van der Waals surface area contributed by atoms with Crippen molar-refractivity contribution < 1.29 is 13.3 Å². The molecular weight excluding hydrogens is 777 g/mol. The second-order valence-electron chi connectivity index (χ2n) is 15.8. The van der Waals surface area contributed by atoms with Crippen molar-refractivity contribution in [2.45, 2.75) is 0 Å². The molecule has 0 atom stereocenters. The lowest BCUT2D eigenvalue weighted by Gasteiger charge is -2.11. The summed E-state index contributed by atoms with van der Waals surface area (Å²) in [6.45, 7) is 0. The molecule has 5 aromatic heterocycles. The lowest BCUT2D eigenvalue weighted by Crippen LogP contribution is -2.00. The molecule has 7 nitrogen and oxygen atoms in total. The second-order valence-corrected chi connectivity index (χ2v) is 15.8. The van der Waals surface area contributed by atoms with E-state index < -0.39 is 0 Å². The van der Waals surface area contributed by atoms with Crippen LogP contribution in [0.15, 0.2) is 208 Å². The van der Waals surface area contributed by atoms with Gasteiger partial charge in [-0.15, -0.1) is 0 Å². The average molecular weight is 809 g/mol. The summed E-state index contributed by atoms with van der Waals surface area (Å²) in [4.78, 5) is 19.7. The highest BCUT2D eigenvalue weighted by atomic mass is 16.3. The number of hydrogen-bond acceptors (Lipinski definition) is 7. The molecule has 0 aliphatic carbocycles. The zero-order chi connectivity index (χ0) is 41.4. The number of furan rings is 3. The summed E-state index contributed by atoms with van der Waals surface area (Å²) >= 11 is 0. The molecule has 0 aliphatic heterocycles. The molecule has 0 spiro atoms. The zero-order valence-electron chi connectivity index (χ0n) is 33.5. The van der Waals surface area contributed by atoms with Crippen molar-refractivity contribution in [2.24, 2.45) is 0 Å². The fourth-order valence-electron chi connectivity index (χ4n) is 8.99. The summed E-state index contributed by atoms with van der Waals surface area (Å²) in [5, 5.41) is 6.41. The minimum atomic E-state index is 0.553. The van der Waals surface area contributed by atoms with E-state index in [0.29, 0.717) is 17.5 Å². The van der Waals surface area contributed by atoms with Crippen LogP contribution in [0, 0.1) is 0 Å². The summed E-state index contributed by atoms with van der Waals surface area (Å²) in [6.07, 6.45) is 3.64. The summed E-state index contributed by atoms with van der Waals surface area (Å²) in [5.74, 6) is 1.68. The Morgan fingerprint density at radius 2 is 0.857 bits per heavy atom. The van der Waals surface area contributed by atoms with Gasteiger partial charge in [-0.3, -0.25) is 4.98 Å². The van der Waals surface area contributed by atoms with Crippen LogP contribution in [-0.2, 0) is 0 Å². The third-order valence-corrected chi connectivity index (χ3v) is 12.1. The van der Waals surface area contributed by atoms with Gasteiger partial charge in [0, 0.05) is 72.5 Å². The number of hydrogen-bond donors (Lipinski definition) is 0. The molecule has 0 bridgehead atoms. The smallest absolute Gasteiger partial charge is 0.164 e. The van der Waals surface area contributed by atoms with Gasteiger partial charge in [0.15, 0.2) is 17.5 Å². The van der Waals surface area contributed by atoms with Crippen LogP contribution in [-0.4, -0.2) is 19.9 Å². The average Bonchev–Trinajstić information content (AvgIpc) is 4.05. The Bertz CT molecular complexity index is 3920. The van der Waals surface area contributed by atoms with E-state index in [1.807, 2.05) is 79.0 Å². The standard InChI is InChI=1S/C56H32N4O3/c1-4-15-47-42(12-1)44-24-22-38(31-51(44)62-47)56-59-54(58-55(60-56)37-10-7-9-35(29-37)39-11-8-28-57-32-39)34-20-18-33(19-21-34)40-25-26-41(53-52(40)45-14-3-6-17-49(45)63-53)36-23-27-50-46(30-36)43-13-2-5-16-48(43)61-50/h1-32H. The molecule has 0 aliphatic rings. The number of rotatable bonds is 6. The van der Waals surface area contributed by atoms with Gasteiger partial charge in [0.1, 0.15) is 33.5 Å². The number of aromatic nitrogens is 4. The maximum absolute atomic E-state index is 6.70. The summed E-state index contributed by atoms with van der Waals surface area (Å²) in [6, 6.07) is 62.1. The van der Waals surface area contributed by atoms with Crippen LogP contribution in [0.2, 0.25) is 0 Å². The molecule has 294 valence electrons. The molecule has 0 saturated carbocycles. The molecule has 0 fully saturated rings. The maximum Gasteiger partial charge on any atom is 0.164 e. The SMILES string of the molecule is c1cncc(-c2cccc(-c3nc(-c4ccc(-c5ccc(-c6ccc7oc8ccccc8c7c6)c6oc7ccccc7c56)cc4)nc(-c4ccc5c(c4)oc4ccccc45)n3)c2)c1. The molecule has 5 heterocycles. The van der Waals surface area contributed by atoms with Gasteiger partial charge in [-0.25, -0.2) is 15.0 Å². The molecular formula is C56H32N4O3. The molecule has 13 aromatic rings. The van der Waals surface area contributed by atoms with Crippen LogP contribution in [0.5, 0.6) is 0 Å². The van der Waals surface area contributed by atoms with E-state index in [0.717, 1.165) is 116 Å². The summed E-state index contributed by atoms with van der Waals surface area (Å²) in [7, 11) is 0. The molecule has 0 saturated heterocycles. The van der Waals surface area contributed by atoms with E-state index in [-0.39, 0.29) is 0 Å². The van der Waals surface area contributed by atoms with Gasteiger partial charge in [0.05, 0.1) is 0 Å². The lowest BCUT2D eigenvalue weighted by molar-refractivity contribution is 0.668. The van der Waals surface area contributed by atoms with E-state index in [9.17, 15) is 0 Å². The Hall–Kier alpha value is -8.68. The summed E-state index contributed by atoms with van der Waals surface area (Å²) in [5.41, 5.74) is 13.8. The van der Waals surface area contributed by atoms with E-state index in [2.05, 4.69) is 114 Å². The number of para-hydroxylation sites is 3. The Morgan fingerprint density at radius 1 is 0.302 bits per heavy atom. The third kappa shape index (κ3) is 5.82. The molecule has 7 heteroatoms. The van der Waals surface area contributed by atoms with Gasteiger partial charge in [0.25, 0.3) is 0 Å². The maximum atomic E-state index is 6.70. The van der Waals surface area contributed by atoms with Crippen molar-refractivity contribution >= 4 is 65.8 Å². The minimum Gasteiger partial charge on any atom is -0.456 e. The van der Waals surface area contributed by atoms with E-state index in [1.165, 1.54) is 0 Å². The number of pyridine rings is 1. The second kappa shape index (κ2) is 13.9. The predicted molar refractivity (Wildman–Crippen MR) is 252 cm³/mol. The highest BCUT2D eigenvalue weighted by Gasteiger charge is 2.20. The Morgan fingerprint density at radius 3 is 1.62 bits per heavy atom. The van der Waals surface area contributed by atoms with Crippen molar-refractivity contribution in [3.63, 3.8) is 0 Å². The first kappa shape index (κ1) is 35.1. The first-order valence-electron chi connectivity index (χ1n) is 20.8. The van der Waals surface area contributed by atoms with Crippen LogP contribution in [0.3, 0.4) is 0 Å². The van der Waals surface area contributed by atoms with Gasteiger partial charge in [-0.05, 0) is 82.9 Å². The van der Waals surface area contributed by atoms with Gasteiger partial charge in [0.2, 0.25) is 0 Å². The fraction of sp³-hybridized carbons (Fsp3) is 0. The Balaban J connectivity index is 0.935. The van der Waals surface area contributed by atoms with Gasteiger partial charge < -0.3 is 13.3 Å². The van der Waals surface area contributed by atoms with Gasteiger partial charge in [-0.2, -0.15) is 0 Å². The molecule has 0 unspecified atom stereocenters. The topological polar surface area (TPSA) is 91.0 Å². The Labute approximate surface area is 359 Å². The van der Waals surface area contributed by atoms with E-state index in [4.69, 9.17) is 28.2 Å². The molecule has 13 rings (SSSR count). The number of fused-ring (bicyclic) bond motifs is 9. The van der Waals surface area contributed by atoms with Crippen LogP contribution < -0.4 is 0 Å². The quantitative estimate of drug-likeness (QED) is 0.165. The Kier molecular flexibility index (Phi) is 7.77. The van der Waals surface area contributed by atoms with E-state index in [1.54, 1.807) is 6.20 Å². The normalized spacial score (nSPS) is 11.8. The largest absolute Gasteiger partial charge is 0.456 e. The third-order valence-electron chi connectivity index (χ3n) is 12.1. The molecule has 0 amide bonds. The van der Waals surface area contributed by atoms with Crippen LogP contribution in [0.25, 0.3) is 133 Å². The number of nitrogens with zero attached hydrogens (tertiary/aromatic N) is 4. The van der Waals surface area contributed by atoms with E-state index >= 15 is 0 Å². The fourth-order valence-corrected chi connectivity index (χ4v) is 8.99. The monoisotopic (exact) mass is 808 g/mol. The molecule has 63 heavy (non-hydrogen) atoms. The molecule has 8 aromatic carbocycles. The van der Waals surface area contributed by atoms with Crippen LogP contribution >= 0.6 is 0 Å². The highest BCUT2D eigenvalue weighted by Crippen LogP contribution is 2.43. The van der Waals surface area contributed by atoms with Crippen LogP contribution in [0.1, 0.15) is 0 Å². The van der Waals surface area contributed by atoms with Gasteiger partial charge >= 0.3 is 0 Å². The minimum absolute atomic E-state index is 0.553.